The minimum absolute atomic E-state index is 0.0536. The van der Waals surface area contributed by atoms with Gasteiger partial charge in [-0.25, -0.2) is 0 Å². The Labute approximate surface area is 96.8 Å². The van der Waals surface area contributed by atoms with Crippen LogP contribution in [-0.4, -0.2) is 49.1 Å². The lowest BCUT2D eigenvalue weighted by Gasteiger charge is -2.15. The van der Waals surface area contributed by atoms with Crippen molar-refractivity contribution in [2.24, 2.45) is 0 Å². The van der Waals surface area contributed by atoms with Crippen LogP contribution < -0.4 is 10.6 Å². The van der Waals surface area contributed by atoms with Crippen LogP contribution in [0.25, 0.3) is 0 Å². The van der Waals surface area contributed by atoms with E-state index in [0.717, 1.165) is 25.6 Å². The van der Waals surface area contributed by atoms with Crippen molar-refractivity contribution >= 4 is 5.91 Å². The predicted octanol–water partition coefficient (Wildman–Crippen LogP) is -0.438. The van der Waals surface area contributed by atoms with Crippen LogP contribution in [0.5, 0.6) is 0 Å². The monoisotopic (exact) mass is 221 g/mol. The number of carbonyl (C=O) groups is 1. The zero-order chi connectivity index (χ0) is 11.4. The molecule has 1 heterocycles. The number of amides is 1. The SMILES string of the molecule is C#CCNCC(=O)NC1CCN(C2CC2)C1. The topological polar surface area (TPSA) is 44.4 Å². The van der Waals surface area contributed by atoms with Gasteiger partial charge in [-0.15, -0.1) is 6.42 Å². The fourth-order valence-electron chi connectivity index (χ4n) is 2.20. The van der Waals surface area contributed by atoms with Gasteiger partial charge in [-0.1, -0.05) is 5.92 Å². The maximum atomic E-state index is 11.5. The first-order valence-corrected chi connectivity index (χ1v) is 5.97. The Kier molecular flexibility index (Phi) is 3.81. The average Bonchev–Trinajstić information content (AvgIpc) is 3.01. The quantitative estimate of drug-likeness (QED) is 0.489. The van der Waals surface area contributed by atoms with Crippen molar-refractivity contribution in [2.45, 2.75) is 31.3 Å². The molecule has 1 amide bonds. The molecule has 0 aromatic heterocycles. The highest BCUT2D eigenvalue weighted by molar-refractivity contribution is 5.78. The average molecular weight is 221 g/mol. The molecule has 1 saturated carbocycles. The third-order valence-electron chi connectivity index (χ3n) is 3.16. The number of hydrogen-bond donors (Lipinski definition) is 2. The summed E-state index contributed by atoms with van der Waals surface area (Å²) in [6.45, 7) is 2.93. The van der Waals surface area contributed by atoms with Crippen LogP contribution in [0.2, 0.25) is 0 Å². The Bertz CT molecular complexity index is 293. The van der Waals surface area contributed by atoms with Crippen molar-refractivity contribution in [3.05, 3.63) is 0 Å². The van der Waals surface area contributed by atoms with Crippen LogP contribution in [0.15, 0.2) is 0 Å². The molecule has 2 rings (SSSR count). The van der Waals surface area contributed by atoms with E-state index in [2.05, 4.69) is 21.5 Å². The zero-order valence-electron chi connectivity index (χ0n) is 9.54. The van der Waals surface area contributed by atoms with Crippen molar-refractivity contribution < 1.29 is 4.79 Å². The molecule has 2 fully saturated rings. The van der Waals surface area contributed by atoms with E-state index in [1.54, 1.807) is 0 Å². The molecule has 88 valence electrons. The molecule has 2 N–H and O–H groups in total. The highest BCUT2D eigenvalue weighted by atomic mass is 16.2. The molecule has 0 aromatic rings. The summed E-state index contributed by atoms with van der Waals surface area (Å²) in [6, 6.07) is 1.14. The molecular weight excluding hydrogens is 202 g/mol. The van der Waals surface area contributed by atoms with Crippen molar-refractivity contribution in [3.63, 3.8) is 0 Å². The maximum absolute atomic E-state index is 11.5. The molecule has 4 heteroatoms. The van der Waals surface area contributed by atoms with Gasteiger partial charge in [-0.05, 0) is 19.3 Å². The number of terminal acetylenes is 1. The first kappa shape index (κ1) is 11.4. The number of hydrogen-bond acceptors (Lipinski definition) is 3. The summed E-state index contributed by atoms with van der Waals surface area (Å²) in [5.74, 6) is 2.50. The summed E-state index contributed by atoms with van der Waals surface area (Å²) >= 11 is 0. The van der Waals surface area contributed by atoms with Gasteiger partial charge in [0, 0.05) is 25.2 Å². The molecule has 0 bridgehead atoms. The van der Waals surface area contributed by atoms with Crippen LogP contribution >= 0.6 is 0 Å². The van der Waals surface area contributed by atoms with E-state index in [-0.39, 0.29) is 5.91 Å². The molecule has 1 aliphatic carbocycles. The van der Waals surface area contributed by atoms with E-state index in [1.807, 2.05) is 0 Å². The molecule has 16 heavy (non-hydrogen) atoms. The highest BCUT2D eigenvalue weighted by Gasteiger charge is 2.34. The van der Waals surface area contributed by atoms with Crippen molar-refractivity contribution in [1.29, 1.82) is 0 Å². The lowest BCUT2D eigenvalue weighted by atomic mass is 10.2. The van der Waals surface area contributed by atoms with Gasteiger partial charge >= 0.3 is 0 Å². The van der Waals surface area contributed by atoms with E-state index in [0.29, 0.717) is 19.1 Å². The van der Waals surface area contributed by atoms with Crippen LogP contribution in [0.3, 0.4) is 0 Å². The van der Waals surface area contributed by atoms with Crippen LogP contribution in [0.1, 0.15) is 19.3 Å². The Balaban J connectivity index is 1.62. The van der Waals surface area contributed by atoms with E-state index in [1.165, 1.54) is 12.8 Å². The summed E-state index contributed by atoms with van der Waals surface area (Å²) < 4.78 is 0. The largest absolute Gasteiger partial charge is 0.351 e. The molecule has 1 unspecified atom stereocenters. The molecule has 1 atom stereocenters. The summed E-state index contributed by atoms with van der Waals surface area (Å²) in [6.07, 6.45) is 8.84. The summed E-state index contributed by atoms with van der Waals surface area (Å²) in [5.41, 5.74) is 0. The van der Waals surface area contributed by atoms with E-state index in [4.69, 9.17) is 6.42 Å². The Morgan fingerprint density at radius 2 is 2.25 bits per heavy atom. The van der Waals surface area contributed by atoms with Crippen molar-refractivity contribution in [2.75, 3.05) is 26.2 Å². The van der Waals surface area contributed by atoms with Gasteiger partial charge in [-0.3, -0.25) is 15.0 Å². The van der Waals surface area contributed by atoms with Gasteiger partial charge in [0.05, 0.1) is 13.1 Å². The zero-order valence-corrected chi connectivity index (χ0v) is 9.54. The minimum Gasteiger partial charge on any atom is -0.351 e. The Morgan fingerprint density at radius 1 is 1.44 bits per heavy atom. The molecule has 1 aliphatic heterocycles. The smallest absolute Gasteiger partial charge is 0.234 e. The first-order chi connectivity index (χ1) is 7.79. The lowest BCUT2D eigenvalue weighted by Crippen LogP contribution is -2.42. The molecule has 2 aliphatic rings. The van der Waals surface area contributed by atoms with Crippen LogP contribution in [0, 0.1) is 12.3 Å². The number of likely N-dealkylation sites (tertiary alicyclic amines) is 1. The van der Waals surface area contributed by atoms with Gasteiger partial charge in [0.15, 0.2) is 0 Å². The normalized spacial score (nSPS) is 25.3. The van der Waals surface area contributed by atoms with Gasteiger partial charge in [0.2, 0.25) is 5.91 Å². The standard InChI is InChI=1S/C12H19N3O/c1-2-6-13-8-12(16)14-10-5-7-15(9-10)11-3-4-11/h1,10-11,13H,3-9H2,(H,14,16). The molecule has 4 nitrogen and oxygen atoms in total. The summed E-state index contributed by atoms with van der Waals surface area (Å²) in [7, 11) is 0. The second-order valence-corrected chi connectivity index (χ2v) is 4.59. The van der Waals surface area contributed by atoms with Gasteiger partial charge in [0.1, 0.15) is 0 Å². The molecule has 0 aromatic carbocycles. The summed E-state index contributed by atoms with van der Waals surface area (Å²) in [5, 5.41) is 5.93. The number of nitrogens with one attached hydrogen (secondary N) is 2. The molecule has 1 saturated heterocycles. The van der Waals surface area contributed by atoms with Gasteiger partial charge < -0.3 is 5.32 Å². The third kappa shape index (κ3) is 3.22. The first-order valence-electron chi connectivity index (χ1n) is 5.97. The fourth-order valence-corrected chi connectivity index (χ4v) is 2.20. The number of carbonyl (C=O) groups excluding carboxylic acids is 1. The Morgan fingerprint density at radius 3 is 2.94 bits per heavy atom. The van der Waals surface area contributed by atoms with Crippen LogP contribution in [-0.2, 0) is 4.79 Å². The second-order valence-electron chi connectivity index (χ2n) is 4.59. The Hall–Kier alpha value is -1.05. The molecule has 0 spiro atoms. The van der Waals surface area contributed by atoms with E-state index >= 15 is 0 Å². The predicted molar refractivity (Wildman–Crippen MR) is 62.8 cm³/mol. The van der Waals surface area contributed by atoms with Crippen LogP contribution in [0.4, 0.5) is 0 Å². The molecule has 0 radical (unpaired) electrons. The van der Waals surface area contributed by atoms with E-state index in [9.17, 15) is 4.79 Å². The van der Waals surface area contributed by atoms with Gasteiger partial charge in [-0.2, -0.15) is 0 Å². The number of nitrogens with zero attached hydrogens (tertiary/aromatic N) is 1. The van der Waals surface area contributed by atoms with Crippen molar-refractivity contribution in [1.82, 2.24) is 15.5 Å². The third-order valence-corrected chi connectivity index (χ3v) is 3.16. The maximum Gasteiger partial charge on any atom is 0.234 e. The number of rotatable bonds is 5. The lowest BCUT2D eigenvalue weighted by molar-refractivity contribution is -0.120. The highest BCUT2D eigenvalue weighted by Crippen LogP contribution is 2.29. The second kappa shape index (κ2) is 5.33. The van der Waals surface area contributed by atoms with Crippen molar-refractivity contribution in [3.8, 4) is 12.3 Å². The molecular formula is C12H19N3O. The fraction of sp³-hybridized carbons (Fsp3) is 0.750. The minimum atomic E-state index is 0.0536. The van der Waals surface area contributed by atoms with E-state index < -0.39 is 0 Å². The van der Waals surface area contributed by atoms with Gasteiger partial charge in [0.25, 0.3) is 0 Å². The summed E-state index contributed by atoms with van der Waals surface area (Å²) in [4.78, 5) is 14.0.